The van der Waals surface area contributed by atoms with Crippen molar-refractivity contribution in [2.75, 3.05) is 48.9 Å². The van der Waals surface area contributed by atoms with Crippen molar-refractivity contribution < 1.29 is 13.2 Å². The number of nitrogens with one attached hydrogen (secondary N) is 2. The van der Waals surface area contributed by atoms with E-state index in [2.05, 4.69) is 19.8 Å². The van der Waals surface area contributed by atoms with Crippen LogP contribution in [0.3, 0.4) is 0 Å². The van der Waals surface area contributed by atoms with Crippen molar-refractivity contribution in [1.82, 2.24) is 15.2 Å². The number of aromatic nitrogens is 1. The third-order valence-electron chi connectivity index (χ3n) is 6.22. The molecule has 1 saturated heterocycles. The van der Waals surface area contributed by atoms with Crippen LogP contribution in [0.2, 0.25) is 10.0 Å². The van der Waals surface area contributed by atoms with Gasteiger partial charge in [-0.05, 0) is 54.6 Å². The van der Waals surface area contributed by atoms with E-state index in [0.717, 1.165) is 41.5 Å². The molecule has 4 aromatic rings. The molecular formula is C26H25Cl2N5O3S2. The molecule has 38 heavy (non-hydrogen) atoms. The van der Waals surface area contributed by atoms with Crippen LogP contribution in [0.15, 0.2) is 71.6 Å². The molecule has 5 rings (SSSR count). The van der Waals surface area contributed by atoms with Gasteiger partial charge in [0.15, 0.2) is 5.13 Å². The summed E-state index contributed by atoms with van der Waals surface area (Å²) in [6.07, 6.45) is 0. The van der Waals surface area contributed by atoms with Crippen molar-refractivity contribution in [2.45, 2.75) is 4.90 Å². The summed E-state index contributed by atoms with van der Waals surface area (Å²) in [7, 11) is -3.80. The first-order valence-electron chi connectivity index (χ1n) is 12.0. The maximum Gasteiger partial charge on any atom is 0.261 e. The number of anilines is 2. The number of sulfonamides is 1. The number of fused-ring (bicyclic) bond motifs is 1. The highest BCUT2D eigenvalue weighted by Crippen LogP contribution is 2.33. The molecule has 1 amide bonds. The van der Waals surface area contributed by atoms with Gasteiger partial charge in [-0.25, -0.2) is 13.4 Å². The molecular weight excluding hydrogens is 565 g/mol. The van der Waals surface area contributed by atoms with Crippen molar-refractivity contribution in [3.8, 4) is 0 Å². The minimum Gasteiger partial charge on any atom is -0.351 e. The Hall–Kier alpha value is -2.89. The third kappa shape index (κ3) is 6.22. The highest BCUT2D eigenvalue weighted by atomic mass is 35.5. The summed E-state index contributed by atoms with van der Waals surface area (Å²) < 4.78 is 28.9. The molecule has 12 heteroatoms. The number of thiazole rings is 1. The van der Waals surface area contributed by atoms with Crippen LogP contribution in [-0.4, -0.2) is 63.5 Å². The Balaban J connectivity index is 1.11. The Bertz CT molecular complexity index is 1550. The zero-order chi connectivity index (χ0) is 26.7. The van der Waals surface area contributed by atoms with Gasteiger partial charge in [0.1, 0.15) is 5.52 Å². The van der Waals surface area contributed by atoms with E-state index >= 15 is 0 Å². The van der Waals surface area contributed by atoms with Crippen LogP contribution in [-0.2, 0) is 10.0 Å². The highest BCUT2D eigenvalue weighted by Gasteiger charge is 2.21. The van der Waals surface area contributed by atoms with Crippen molar-refractivity contribution >= 4 is 71.5 Å². The monoisotopic (exact) mass is 589 g/mol. The topological polar surface area (TPSA) is 94.6 Å². The molecule has 198 valence electrons. The lowest BCUT2D eigenvalue weighted by Crippen LogP contribution is -2.48. The average Bonchev–Trinajstić information content (AvgIpc) is 3.35. The van der Waals surface area contributed by atoms with E-state index in [-0.39, 0.29) is 10.8 Å². The fraction of sp³-hybridized carbons (Fsp3) is 0.231. The maximum atomic E-state index is 12.7. The molecule has 0 unspecified atom stereocenters. The van der Waals surface area contributed by atoms with Crippen LogP contribution in [0.5, 0.6) is 0 Å². The number of para-hydroxylation sites is 1. The number of carbonyl (C=O) groups excluding carboxylic acids is 1. The molecule has 0 atom stereocenters. The van der Waals surface area contributed by atoms with Crippen molar-refractivity contribution in [1.29, 1.82) is 0 Å². The summed E-state index contributed by atoms with van der Waals surface area (Å²) >= 11 is 13.8. The molecule has 3 aromatic carbocycles. The number of hydrogen-bond acceptors (Lipinski definition) is 7. The number of amides is 1. The fourth-order valence-corrected chi connectivity index (χ4v) is 6.68. The fourth-order valence-electron chi connectivity index (χ4n) is 4.18. The van der Waals surface area contributed by atoms with Crippen molar-refractivity contribution in [2.24, 2.45) is 0 Å². The lowest BCUT2D eigenvalue weighted by Gasteiger charge is -2.34. The minimum atomic E-state index is -3.80. The summed E-state index contributed by atoms with van der Waals surface area (Å²) in [6.45, 7) is 4.62. The number of hydrogen-bond donors (Lipinski definition) is 2. The number of carbonyl (C=O) groups is 1. The summed E-state index contributed by atoms with van der Waals surface area (Å²) in [5.74, 6) is -0.262. The molecule has 2 N–H and O–H groups in total. The van der Waals surface area contributed by atoms with Crippen molar-refractivity contribution in [3.63, 3.8) is 0 Å². The molecule has 1 fully saturated rings. The minimum absolute atomic E-state index is 0.0868. The van der Waals surface area contributed by atoms with Gasteiger partial charge in [0.05, 0.1) is 14.6 Å². The van der Waals surface area contributed by atoms with Crippen LogP contribution in [0.1, 0.15) is 10.4 Å². The van der Waals surface area contributed by atoms with E-state index in [1.54, 1.807) is 29.5 Å². The van der Waals surface area contributed by atoms with E-state index in [9.17, 15) is 13.2 Å². The Kier molecular flexibility index (Phi) is 8.06. The first-order chi connectivity index (χ1) is 18.3. The number of piperazine rings is 1. The quantitative estimate of drug-likeness (QED) is 0.302. The van der Waals surface area contributed by atoms with Gasteiger partial charge in [0, 0.05) is 55.5 Å². The largest absolute Gasteiger partial charge is 0.351 e. The van der Waals surface area contributed by atoms with E-state index < -0.39 is 10.0 Å². The van der Waals surface area contributed by atoms with Gasteiger partial charge in [0.25, 0.3) is 15.9 Å². The SMILES string of the molecule is O=C(NCCN1CCN(c2nc3c(Cl)cccc3s2)CC1)c1cccc(NS(=O)(=O)c2ccc(Cl)cc2)c1. The lowest BCUT2D eigenvalue weighted by atomic mass is 10.2. The summed E-state index contributed by atoms with van der Waals surface area (Å²) in [4.78, 5) is 22.1. The predicted molar refractivity (Wildman–Crippen MR) is 154 cm³/mol. The second-order valence-corrected chi connectivity index (χ2v) is 12.3. The Labute approximate surface area is 235 Å². The summed E-state index contributed by atoms with van der Waals surface area (Å²) in [5.41, 5.74) is 1.53. The standard InChI is InChI=1S/C26H25Cl2N5O3S2/c27-19-7-9-21(10-8-19)38(35,36)31-20-4-1-3-18(17-20)25(34)29-11-12-32-13-15-33(16-14-32)26-30-24-22(28)5-2-6-23(24)37-26/h1-10,17,31H,11-16H2,(H,29,34). The van der Waals surface area contributed by atoms with E-state index in [1.165, 1.54) is 30.3 Å². The van der Waals surface area contributed by atoms with Gasteiger partial charge in [-0.2, -0.15) is 0 Å². The third-order valence-corrected chi connectivity index (χ3v) is 9.25. The first-order valence-corrected chi connectivity index (χ1v) is 15.0. The lowest BCUT2D eigenvalue weighted by molar-refractivity contribution is 0.0948. The van der Waals surface area contributed by atoms with Crippen molar-refractivity contribution in [3.05, 3.63) is 82.3 Å². The highest BCUT2D eigenvalue weighted by molar-refractivity contribution is 7.92. The van der Waals surface area contributed by atoms with E-state index in [4.69, 9.17) is 28.2 Å². The van der Waals surface area contributed by atoms with E-state index in [1.807, 2.05) is 18.2 Å². The molecule has 0 bridgehead atoms. The van der Waals surface area contributed by atoms with Gasteiger partial charge >= 0.3 is 0 Å². The molecule has 1 aromatic heterocycles. The predicted octanol–water partition coefficient (Wildman–Crippen LogP) is 4.96. The second kappa shape index (κ2) is 11.5. The zero-order valence-electron chi connectivity index (χ0n) is 20.2. The molecule has 8 nitrogen and oxygen atoms in total. The van der Waals surface area contributed by atoms with Crippen LogP contribution >= 0.6 is 34.5 Å². The maximum absolute atomic E-state index is 12.7. The molecule has 1 aliphatic rings. The molecule has 0 radical (unpaired) electrons. The molecule has 0 aliphatic carbocycles. The smallest absolute Gasteiger partial charge is 0.261 e. The van der Waals surface area contributed by atoms with Crippen LogP contribution < -0.4 is 14.9 Å². The number of rotatable bonds is 8. The normalized spacial score (nSPS) is 14.5. The van der Waals surface area contributed by atoms with Gasteiger partial charge in [0.2, 0.25) is 0 Å². The molecule has 0 spiro atoms. The van der Waals surface area contributed by atoms with Crippen LogP contribution in [0.4, 0.5) is 10.8 Å². The Morgan fingerprint density at radius 1 is 0.974 bits per heavy atom. The summed E-state index contributed by atoms with van der Waals surface area (Å²) in [5, 5.41) is 5.03. The second-order valence-electron chi connectivity index (χ2n) is 8.81. The van der Waals surface area contributed by atoms with Gasteiger partial charge in [-0.1, -0.05) is 46.7 Å². The van der Waals surface area contributed by atoms with Gasteiger partial charge in [-0.15, -0.1) is 0 Å². The zero-order valence-corrected chi connectivity index (χ0v) is 23.4. The number of halogens is 2. The Morgan fingerprint density at radius 2 is 1.71 bits per heavy atom. The van der Waals surface area contributed by atoms with Gasteiger partial charge in [-0.3, -0.25) is 14.4 Å². The molecule has 0 saturated carbocycles. The van der Waals surface area contributed by atoms with E-state index in [0.29, 0.717) is 34.4 Å². The average molecular weight is 591 g/mol. The Morgan fingerprint density at radius 3 is 2.45 bits per heavy atom. The number of nitrogens with zero attached hydrogens (tertiary/aromatic N) is 3. The number of benzene rings is 3. The molecule has 1 aliphatic heterocycles. The van der Waals surface area contributed by atoms with Gasteiger partial charge < -0.3 is 10.2 Å². The first kappa shape index (κ1) is 26.7. The van der Waals surface area contributed by atoms with Crippen LogP contribution in [0.25, 0.3) is 10.2 Å². The van der Waals surface area contributed by atoms with Crippen LogP contribution in [0, 0.1) is 0 Å². The molecule has 2 heterocycles. The summed E-state index contributed by atoms with van der Waals surface area (Å²) in [6, 6.07) is 18.1.